The minimum atomic E-state index is -4.45. The molecule has 4 nitrogen and oxygen atoms in total. The van der Waals surface area contributed by atoms with Gasteiger partial charge in [-0.15, -0.1) is 0 Å². The van der Waals surface area contributed by atoms with Crippen LogP contribution >= 0.6 is 11.8 Å². The smallest absolute Gasteiger partial charge is 0.350 e. The summed E-state index contributed by atoms with van der Waals surface area (Å²) >= 11 is -0.435. The summed E-state index contributed by atoms with van der Waals surface area (Å²) in [5.74, 6) is -2.02. The van der Waals surface area contributed by atoms with Crippen LogP contribution < -0.4 is 10.6 Å². The number of nitrogens with one attached hydrogen (secondary N) is 2. The molecule has 0 aliphatic rings. The Balaban J connectivity index is 4.12. The van der Waals surface area contributed by atoms with Crippen LogP contribution in [0.15, 0.2) is 0 Å². The molecule has 0 saturated heterocycles. The number of alkyl halides is 3. The number of thioether (sulfide) groups is 1. The van der Waals surface area contributed by atoms with Crippen molar-refractivity contribution in [3.8, 4) is 0 Å². The predicted molar refractivity (Wildman–Crippen MR) is 64.0 cm³/mol. The largest absolute Gasteiger partial charge is 0.442 e. The van der Waals surface area contributed by atoms with Crippen LogP contribution in [0.2, 0.25) is 0 Å². The predicted octanol–water partition coefficient (Wildman–Crippen LogP) is 1.66. The maximum atomic E-state index is 11.8. The molecule has 0 aromatic carbocycles. The molecule has 2 amide bonds. The van der Waals surface area contributed by atoms with Gasteiger partial charge >= 0.3 is 5.51 Å². The summed E-state index contributed by atoms with van der Waals surface area (Å²) < 4.78 is 35.5. The van der Waals surface area contributed by atoms with E-state index >= 15 is 0 Å². The minimum absolute atomic E-state index is 0.435. The van der Waals surface area contributed by atoms with Gasteiger partial charge in [0.15, 0.2) is 0 Å². The van der Waals surface area contributed by atoms with E-state index in [9.17, 15) is 22.8 Å². The number of halogens is 3. The van der Waals surface area contributed by atoms with E-state index in [2.05, 4.69) is 10.6 Å². The SMILES string of the molecule is CC(NC(=O)CSC(F)(F)F)C(=O)NC(C)(C)C. The molecule has 8 heteroatoms. The Morgan fingerprint density at radius 1 is 1.22 bits per heavy atom. The van der Waals surface area contributed by atoms with Crippen molar-refractivity contribution in [3.05, 3.63) is 0 Å². The Labute approximate surface area is 108 Å². The molecule has 18 heavy (non-hydrogen) atoms. The molecule has 0 spiro atoms. The molecular formula is C10H17F3N2O2S. The lowest BCUT2D eigenvalue weighted by Gasteiger charge is -2.23. The zero-order chi connectivity index (χ0) is 14.6. The van der Waals surface area contributed by atoms with Crippen LogP contribution in [0.4, 0.5) is 13.2 Å². The van der Waals surface area contributed by atoms with Crippen LogP contribution in [0.25, 0.3) is 0 Å². The Kier molecular flexibility index (Phi) is 5.98. The number of carbonyl (C=O) groups is 2. The van der Waals surface area contributed by atoms with Crippen LogP contribution in [0.1, 0.15) is 27.7 Å². The van der Waals surface area contributed by atoms with Gasteiger partial charge in [0.1, 0.15) is 6.04 Å². The molecule has 0 saturated carbocycles. The van der Waals surface area contributed by atoms with Crippen LogP contribution in [0.3, 0.4) is 0 Å². The highest BCUT2D eigenvalue weighted by molar-refractivity contribution is 8.00. The Morgan fingerprint density at radius 2 is 1.72 bits per heavy atom. The van der Waals surface area contributed by atoms with E-state index in [0.717, 1.165) is 0 Å². The molecular weight excluding hydrogens is 269 g/mol. The van der Waals surface area contributed by atoms with E-state index in [-0.39, 0.29) is 0 Å². The van der Waals surface area contributed by atoms with Crippen molar-refractivity contribution in [2.75, 3.05) is 5.75 Å². The fourth-order valence-corrected chi connectivity index (χ4v) is 1.35. The van der Waals surface area contributed by atoms with E-state index in [1.807, 2.05) is 0 Å². The van der Waals surface area contributed by atoms with Crippen molar-refractivity contribution >= 4 is 23.6 Å². The number of rotatable bonds is 4. The lowest BCUT2D eigenvalue weighted by atomic mass is 10.1. The third-order valence-corrected chi connectivity index (χ3v) is 2.37. The van der Waals surface area contributed by atoms with E-state index in [4.69, 9.17) is 0 Å². The first-order valence-corrected chi connectivity index (χ1v) is 6.21. The van der Waals surface area contributed by atoms with Crippen LogP contribution in [0, 0.1) is 0 Å². The summed E-state index contributed by atoms with van der Waals surface area (Å²) in [6.45, 7) is 6.70. The topological polar surface area (TPSA) is 58.2 Å². The van der Waals surface area contributed by atoms with Crippen LogP contribution in [0.5, 0.6) is 0 Å². The van der Waals surface area contributed by atoms with Gasteiger partial charge in [-0.25, -0.2) is 0 Å². The first-order chi connectivity index (χ1) is 7.91. The third kappa shape index (κ3) is 9.15. The standard InChI is InChI=1S/C10H17F3N2O2S/c1-6(8(17)15-9(2,3)4)14-7(16)5-18-10(11,12)13/h6H,5H2,1-4H3,(H,14,16)(H,15,17). The molecule has 0 aliphatic heterocycles. The lowest BCUT2D eigenvalue weighted by molar-refractivity contribution is -0.128. The third-order valence-electron chi connectivity index (χ3n) is 1.64. The molecule has 1 atom stereocenters. The first-order valence-electron chi connectivity index (χ1n) is 5.23. The normalized spacial score (nSPS) is 13.9. The van der Waals surface area contributed by atoms with Gasteiger partial charge in [0.05, 0.1) is 5.75 Å². The highest BCUT2D eigenvalue weighted by Crippen LogP contribution is 2.29. The van der Waals surface area contributed by atoms with E-state index in [1.54, 1.807) is 20.8 Å². The Morgan fingerprint density at radius 3 is 2.11 bits per heavy atom. The monoisotopic (exact) mass is 286 g/mol. The van der Waals surface area contributed by atoms with Gasteiger partial charge in [-0.05, 0) is 39.5 Å². The number of hydrogen-bond acceptors (Lipinski definition) is 3. The lowest BCUT2D eigenvalue weighted by Crippen LogP contribution is -2.51. The molecule has 0 aliphatic carbocycles. The summed E-state index contributed by atoms with van der Waals surface area (Å²) in [4.78, 5) is 22.7. The fourth-order valence-electron chi connectivity index (χ4n) is 0.974. The van der Waals surface area contributed by atoms with E-state index in [1.165, 1.54) is 6.92 Å². The van der Waals surface area contributed by atoms with Gasteiger partial charge in [0.25, 0.3) is 0 Å². The van der Waals surface area contributed by atoms with Crippen molar-refractivity contribution in [1.82, 2.24) is 10.6 Å². The average molecular weight is 286 g/mol. The summed E-state index contributed by atoms with van der Waals surface area (Å²) in [6, 6.07) is -0.870. The van der Waals surface area contributed by atoms with Crippen LogP contribution in [-0.4, -0.2) is 34.7 Å². The molecule has 106 valence electrons. The van der Waals surface area contributed by atoms with Crippen molar-refractivity contribution in [2.45, 2.75) is 44.8 Å². The highest BCUT2D eigenvalue weighted by Gasteiger charge is 2.30. The van der Waals surface area contributed by atoms with Gasteiger partial charge < -0.3 is 10.6 Å². The van der Waals surface area contributed by atoms with Crippen molar-refractivity contribution in [1.29, 1.82) is 0 Å². The quantitative estimate of drug-likeness (QED) is 0.826. The number of amides is 2. The number of hydrogen-bond donors (Lipinski definition) is 2. The van der Waals surface area contributed by atoms with E-state index < -0.39 is 46.4 Å². The molecule has 0 aromatic rings. The average Bonchev–Trinajstić information content (AvgIpc) is 2.10. The second kappa shape index (κ2) is 6.31. The second-order valence-electron chi connectivity index (χ2n) is 4.76. The van der Waals surface area contributed by atoms with Gasteiger partial charge in [-0.2, -0.15) is 13.2 Å². The second-order valence-corrected chi connectivity index (χ2v) is 5.80. The van der Waals surface area contributed by atoms with Gasteiger partial charge in [0, 0.05) is 5.54 Å². The highest BCUT2D eigenvalue weighted by atomic mass is 32.2. The molecule has 0 heterocycles. The van der Waals surface area contributed by atoms with E-state index in [0.29, 0.717) is 0 Å². The summed E-state index contributed by atoms with van der Waals surface area (Å²) in [7, 11) is 0. The summed E-state index contributed by atoms with van der Waals surface area (Å²) in [5.41, 5.74) is -4.91. The van der Waals surface area contributed by atoms with Gasteiger partial charge in [0.2, 0.25) is 11.8 Å². The molecule has 0 fully saturated rings. The van der Waals surface area contributed by atoms with Crippen molar-refractivity contribution in [2.24, 2.45) is 0 Å². The first kappa shape index (κ1) is 17.1. The summed E-state index contributed by atoms with van der Waals surface area (Å²) in [5, 5.41) is 4.82. The van der Waals surface area contributed by atoms with Crippen molar-refractivity contribution in [3.63, 3.8) is 0 Å². The fraction of sp³-hybridized carbons (Fsp3) is 0.800. The molecule has 0 radical (unpaired) electrons. The summed E-state index contributed by atoms with van der Waals surface area (Å²) in [6.07, 6.45) is 0. The zero-order valence-corrected chi connectivity index (χ0v) is 11.5. The molecule has 2 N–H and O–H groups in total. The van der Waals surface area contributed by atoms with Crippen LogP contribution in [-0.2, 0) is 9.59 Å². The molecule has 0 rings (SSSR count). The van der Waals surface area contributed by atoms with Gasteiger partial charge in [-0.1, -0.05) is 0 Å². The maximum Gasteiger partial charge on any atom is 0.442 e. The number of carbonyl (C=O) groups excluding carboxylic acids is 2. The maximum absolute atomic E-state index is 11.8. The Bertz CT molecular complexity index is 313. The van der Waals surface area contributed by atoms with Gasteiger partial charge in [-0.3, -0.25) is 9.59 Å². The van der Waals surface area contributed by atoms with Crippen molar-refractivity contribution < 1.29 is 22.8 Å². The molecule has 1 unspecified atom stereocenters. The molecule has 0 bridgehead atoms. The Hall–Kier alpha value is -0.920. The minimum Gasteiger partial charge on any atom is -0.350 e. The molecule has 0 aromatic heterocycles. The zero-order valence-electron chi connectivity index (χ0n) is 10.6.